The van der Waals surface area contributed by atoms with E-state index in [2.05, 4.69) is 5.32 Å². The molecule has 3 saturated heterocycles. The number of aromatic hydroxyl groups is 1. The normalized spacial score (nSPS) is 32.2. The van der Waals surface area contributed by atoms with E-state index < -0.39 is 22.3 Å². The molecule has 10 heteroatoms. The van der Waals surface area contributed by atoms with Gasteiger partial charge in [-0.15, -0.1) is 0 Å². The molecule has 7 nitrogen and oxygen atoms in total. The van der Waals surface area contributed by atoms with Gasteiger partial charge in [-0.2, -0.15) is 5.06 Å². The van der Waals surface area contributed by atoms with Crippen LogP contribution < -0.4 is 10.1 Å². The number of hydrogen-bond donors (Lipinski definition) is 2. The van der Waals surface area contributed by atoms with Crippen LogP contribution in [0.1, 0.15) is 10.8 Å². The first kappa shape index (κ1) is 14.3. The molecule has 2 N–H and O–H groups in total. The monoisotopic (exact) mass is 360 g/mol. The first-order valence-electron chi connectivity index (χ1n) is 6.21. The lowest BCUT2D eigenvalue weighted by molar-refractivity contribution is -0.208. The van der Waals surface area contributed by atoms with Gasteiger partial charge in [0.2, 0.25) is 0 Å². The van der Waals surface area contributed by atoms with Crippen molar-refractivity contribution in [1.29, 1.82) is 0 Å². The quantitative estimate of drug-likeness (QED) is 0.732. The van der Waals surface area contributed by atoms with Crippen molar-refractivity contribution in [2.75, 3.05) is 7.11 Å². The summed E-state index contributed by atoms with van der Waals surface area (Å²) in [4.78, 5) is 30.1. The van der Waals surface area contributed by atoms with Crippen molar-refractivity contribution in [3.05, 3.63) is 22.7 Å². The minimum absolute atomic E-state index is 0.151. The Morgan fingerprint density at radius 3 is 2.95 bits per heavy atom. The van der Waals surface area contributed by atoms with Crippen molar-refractivity contribution in [3.8, 4) is 11.5 Å². The Hall–Kier alpha value is -1.29. The van der Waals surface area contributed by atoms with E-state index in [1.165, 1.54) is 34.8 Å². The lowest BCUT2D eigenvalue weighted by atomic mass is 10.0. The Kier molecular flexibility index (Phi) is 3.00. The number of phenolic OH excluding ortho intramolecular Hbond substituents is 1. The number of rotatable bonds is 1. The number of nitrogens with zero attached hydrogens (tertiary/aromatic N) is 1. The number of fused-ring (bicyclic) bond motifs is 4. The number of nitrogens with one attached hydrogen (secondary N) is 1. The number of hydrogen-bond acceptors (Lipinski definition) is 7. The second-order valence-corrected chi connectivity index (χ2v) is 7.77. The molecular formula is C12H9ClN2O5S2. The fourth-order valence-electron chi connectivity index (χ4n) is 2.71. The van der Waals surface area contributed by atoms with E-state index in [-0.39, 0.29) is 16.7 Å². The van der Waals surface area contributed by atoms with Gasteiger partial charge in [-0.1, -0.05) is 33.2 Å². The number of carbonyl (C=O) groups excluding carboxylic acids is 2. The van der Waals surface area contributed by atoms with Crippen molar-refractivity contribution in [3.63, 3.8) is 0 Å². The average molecular weight is 361 g/mol. The van der Waals surface area contributed by atoms with Gasteiger partial charge in [0.25, 0.3) is 11.6 Å². The lowest BCUT2D eigenvalue weighted by Gasteiger charge is -2.39. The second-order valence-electron chi connectivity index (χ2n) is 4.91. The third-order valence-electron chi connectivity index (χ3n) is 3.71. The summed E-state index contributed by atoms with van der Waals surface area (Å²) in [6.45, 7) is 0. The van der Waals surface area contributed by atoms with E-state index in [1.807, 2.05) is 0 Å². The summed E-state index contributed by atoms with van der Waals surface area (Å²) in [6.07, 6.45) is 0. The van der Waals surface area contributed by atoms with Gasteiger partial charge in [-0.3, -0.25) is 14.4 Å². The van der Waals surface area contributed by atoms with Crippen molar-refractivity contribution in [2.45, 2.75) is 16.3 Å². The summed E-state index contributed by atoms with van der Waals surface area (Å²) in [7, 11) is 3.87. The molecule has 1 aromatic carbocycles. The highest BCUT2D eigenvalue weighted by atomic mass is 35.5. The molecule has 3 fully saturated rings. The van der Waals surface area contributed by atoms with Crippen LogP contribution in [0.15, 0.2) is 12.1 Å². The molecule has 2 unspecified atom stereocenters. The van der Waals surface area contributed by atoms with E-state index in [0.717, 1.165) is 5.06 Å². The molecule has 3 atom stereocenters. The standard InChI is InChI=1S/C12H9ClN2O5S2/c1-19-15-10-9(17)14-12(11(15)18)8(21-22-10)4-2-5(13)6(16)3-7(4)20-12/h2-3,8,10,16H,1H3,(H,14,17)/t8?,10-,12?/m0/s1. The number of hydroxylamine groups is 2. The Balaban J connectivity index is 1.89. The highest BCUT2D eigenvalue weighted by Crippen LogP contribution is 2.60. The topological polar surface area (TPSA) is 88.1 Å². The van der Waals surface area contributed by atoms with E-state index >= 15 is 0 Å². The van der Waals surface area contributed by atoms with Gasteiger partial charge < -0.3 is 15.2 Å². The van der Waals surface area contributed by atoms with Crippen molar-refractivity contribution < 1.29 is 24.3 Å². The average Bonchev–Trinajstić information content (AvgIpc) is 2.60. The van der Waals surface area contributed by atoms with Crippen LogP contribution in [-0.2, 0) is 14.4 Å². The maximum atomic E-state index is 12.8. The summed E-state index contributed by atoms with van der Waals surface area (Å²) in [6, 6.07) is 2.89. The van der Waals surface area contributed by atoms with Crippen molar-refractivity contribution in [1.82, 2.24) is 10.4 Å². The maximum Gasteiger partial charge on any atom is 0.315 e. The lowest BCUT2D eigenvalue weighted by Crippen LogP contribution is -2.70. The second kappa shape index (κ2) is 4.60. The zero-order chi connectivity index (χ0) is 15.6. The van der Waals surface area contributed by atoms with Crippen LogP contribution >= 0.6 is 33.2 Å². The molecule has 1 spiro atoms. The number of carbonyl (C=O) groups is 2. The van der Waals surface area contributed by atoms with E-state index in [1.54, 1.807) is 6.07 Å². The highest BCUT2D eigenvalue weighted by Gasteiger charge is 2.65. The number of ether oxygens (including phenoxy) is 1. The molecule has 5 rings (SSSR count). The minimum atomic E-state index is -1.59. The first-order chi connectivity index (χ1) is 10.5. The first-order valence-corrected chi connectivity index (χ1v) is 8.86. The van der Waals surface area contributed by atoms with Crippen LogP contribution in [0.2, 0.25) is 5.02 Å². The van der Waals surface area contributed by atoms with Crippen LogP contribution in [0.5, 0.6) is 11.5 Å². The van der Waals surface area contributed by atoms with E-state index in [4.69, 9.17) is 21.2 Å². The Morgan fingerprint density at radius 1 is 1.45 bits per heavy atom. The minimum Gasteiger partial charge on any atom is -0.506 e. The van der Waals surface area contributed by atoms with Gasteiger partial charge in [0.15, 0.2) is 5.37 Å². The van der Waals surface area contributed by atoms with Crippen LogP contribution in [-0.4, -0.2) is 40.2 Å². The van der Waals surface area contributed by atoms with E-state index in [0.29, 0.717) is 11.3 Å². The molecule has 116 valence electrons. The van der Waals surface area contributed by atoms with Crippen LogP contribution in [0.25, 0.3) is 0 Å². The summed E-state index contributed by atoms with van der Waals surface area (Å²) in [5.41, 5.74) is -0.940. The number of amides is 2. The van der Waals surface area contributed by atoms with Gasteiger partial charge in [-0.05, 0) is 6.07 Å². The molecule has 4 aliphatic heterocycles. The number of halogens is 1. The molecule has 4 aliphatic rings. The number of benzene rings is 1. The Morgan fingerprint density at radius 2 is 2.23 bits per heavy atom. The zero-order valence-corrected chi connectivity index (χ0v) is 13.4. The highest BCUT2D eigenvalue weighted by molar-refractivity contribution is 8.77. The predicted octanol–water partition coefficient (Wildman–Crippen LogP) is 1.42. The van der Waals surface area contributed by atoms with Crippen LogP contribution in [0, 0.1) is 0 Å². The molecule has 2 bridgehead atoms. The molecule has 0 aliphatic carbocycles. The van der Waals surface area contributed by atoms with Crippen LogP contribution in [0.3, 0.4) is 0 Å². The summed E-state index contributed by atoms with van der Waals surface area (Å²) in [5.74, 6) is -0.703. The van der Waals surface area contributed by atoms with Crippen molar-refractivity contribution >= 4 is 45.0 Å². The van der Waals surface area contributed by atoms with Crippen LogP contribution in [0.4, 0.5) is 0 Å². The smallest absolute Gasteiger partial charge is 0.315 e. The Bertz CT molecular complexity index is 717. The van der Waals surface area contributed by atoms with E-state index in [9.17, 15) is 14.7 Å². The molecule has 0 aromatic heterocycles. The van der Waals surface area contributed by atoms with Gasteiger partial charge in [0.05, 0.1) is 12.1 Å². The fourth-order valence-corrected chi connectivity index (χ4v) is 6.00. The molecule has 4 heterocycles. The summed E-state index contributed by atoms with van der Waals surface area (Å²) in [5, 5.41) is 12.3. The molecule has 0 saturated carbocycles. The predicted molar refractivity (Wildman–Crippen MR) is 80.2 cm³/mol. The third-order valence-corrected chi connectivity index (χ3v) is 6.94. The largest absolute Gasteiger partial charge is 0.506 e. The van der Waals surface area contributed by atoms with Crippen molar-refractivity contribution in [2.24, 2.45) is 0 Å². The molecule has 2 amide bonds. The fraction of sp³-hybridized carbons (Fsp3) is 0.333. The summed E-state index contributed by atoms with van der Waals surface area (Å²) < 4.78 is 5.76. The number of piperazine rings is 1. The van der Waals surface area contributed by atoms with Gasteiger partial charge >= 0.3 is 5.91 Å². The van der Waals surface area contributed by atoms with Gasteiger partial charge in [0, 0.05) is 11.6 Å². The SMILES string of the molecule is CON1C(=O)C23NC(=O)[C@@H]1SSC2c1cc(Cl)c(O)cc1O3. The Labute approximate surface area is 137 Å². The summed E-state index contributed by atoms with van der Waals surface area (Å²) >= 11 is 5.96. The molecule has 1 aromatic rings. The molecular weight excluding hydrogens is 352 g/mol. The molecule has 22 heavy (non-hydrogen) atoms. The maximum absolute atomic E-state index is 12.8. The van der Waals surface area contributed by atoms with Gasteiger partial charge in [0.1, 0.15) is 16.7 Å². The van der Waals surface area contributed by atoms with Gasteiger partial charge in [-0.25, -0.2) is 0 Å². The molecule has 0 radical (unpaired) electrons. The third kappa shape index (κ3) is 1.65. The number of phenols is 1. The zero-order valence-electron chi connectivity index (χ0n) is 11.0.